The zero-order chi connectivity index (χ0) is 13.3. The molecule has 0 fully saturated rings. The number of nitrogens with one attached hydrogen (secondary N) is 1. The average molecular weight is 255 g/mol. The normalized spacial score (nSPS) is 10.4. The topological polar surface area (TPSA) is 21.3 Å². The van der Waals surface area contributed by atoms with Crippen LogP contribution in [0.2, 0.25) is 0 Å². The predicted octanol–water partition coefficient (Wildman–Crippen LogP) is 3.73. The first kappa shape index (κ1) is 13.6. The first-order valence-electron chi connectivity index (χ1n) is 6.83. The van der Waals surface area contributed by atoms with E-state index in [0.29, 0.717) is 0 Å². The molecule has 1 N–H and O–H groups in total. The molecule has 2 aromatic carbocycles. The Bertz CT molecular complexity index is 482. The van der Waals surface area contributed by atoms with Crippen LogP contribution in [0.4, 0.5) is 5.69 Å². The lowest BCUT2D eigenvalue weighted by Gasteiger charge is -2.12. The van der Waals surface area contributed by atoms with Crippen molar-refractivity contribution >= 4 is 5.69 Å². The maximum Gasteiger partial charge on any atom is 0.0638 e. The second-order valence-electron chi connectivity index (χ2n) is 4.44. The molecule has 2 nitrogen and oxygen atoms in total. The predicted molar refractivity (Wildman–Crippen MR) is 80.7 cm³/mol. The smallest absolute Gasteiger partial charge is 0.0638 e. The van der Waals surface area contributed by atoms with Crippen LogP contribution in [0, 0.1) is 0 Å². The van der Waals surface area contributed by atoms with Crippen LogP contribution in [0.25, 0.3) is 0 Å². The van der Waals surface area contributed by atoms with Crippen LogP contribution in [0.3, 0.4) is 0 Å². The van der Waals surface area contributed by atoms with Crippen molar-refractivity contribution in [3.63, 3.8) is 0 Å². The number of rotatable bonds is 7. The largest absolute Gasteiger partial charge is 0.382 e. The summed E-state index contributed by atoms with van der Waals surface area (Å²) in [5, 5.41) is 3.44. The third-order valence-corrected chi connectivity index (χ3v) is 3.02. The van der Waals surface area contributed by atoms with Crippen molar-refractivity contribution in [3.8, 4) is 0 Å². The summed E-state index contributed by atoms with van der Waals surface area (Å²) in [5.41, 5.74) is 3.86. The highest BCUT2D eigenvalue weighted by atomic mass is 16.5. The van der Waals surface area contributed by atoms with Gasteiger partial charge in [-0.1, -0.05) is 48.5 Å². The second kappa shape index (κ2) is 7.59. The van der Waals surface area contributed by atoms with Gasteiger partial charge < -0.3 is 10.1 Å². The van der Waals surface area contributed by atoms with E-state index in [1.165, 1.54) is 16.8 Å². The van der Waals surface area contributed by atoms with Gasteiger partial charge in [-0.05, 0) is 30.5 Å². The molecule has 2 heteroatoms. The molecule has 2 aromatic rings. The summed E-state index contributed by atoms with van der Waals surface area (Å²) in [7, 11) is 0. The molecular formula is C17H21NO. The lowest BCUT2D eigenvalue weighted by molar-refractivity contribution is 0.158. The van der Waals surface area contributed by atoms with Crippen LogP contribution in [0.15, 0.2) is 54.6 Å². The molecular weight excluding hydrogens is 234 g/mol. The van der Waals surface area contributed by atoms with Gasteiger partial charge >= 0.3 is 0 Å². The Labute approximate surface area is 115 Å². The zero-order valence-corrected chi connectivity index (χ0v) is 11.4. The monoisotopic (exact) mass is 255 g/mol. The van der Waals surface area contributed by atoms with Crippen molar-refractivity contribution in [2.45, 2.75) is 13.3 Å². The van der Waals surface area contributed by atoms with Crippen molar-refractivity contribution in [1.82, 2.24) is 0 Å². The Hall–Kier alpha value is -1.80. The molecule has 0 heterocycles. The summed E-state index contributed by atoms with van der Waals surface area (Å²) in [4.78, 5) is 0. The quantitative estimate of drug-likeness (QED) is 0.761. The van der Waals surface area contributed by atoms with Crippen LogP contribution in [0.5, 0.6) is 0 Å². The van der Waals surface area contributed by atoms with Crippen LogP contribution in [-0.4, -0.2) is 19.8 Å². The molecule has 0 aliphatic rings. The average Bonchev–Trinajstić information content (AvgIpc) is 2.46. The van der Waals surface area contributed by atoms with Gasteiger partial charge in [0.15, 0.2) is 0 Å². The Balaban J connectivity index is 2.00. The fourth-order valence-corrected chi connectivity index (χ4v) is 2.06. The van der Waals surface area contributed by atoms with Gasteiger partial charge in [0.05, 0.1) is 6.61 Å². The van der Waals surface area contributed by atoms with Crippen molar-refractivity contribution in [1.29, 1.82) is 0 Å². The maximum absolute atomic E-state index is 5.35. The number of hydrogen-bond donors (Lipinski definition) is 1. The third-order valence-electron chi connectivity index (χ3n) is 3.02. The van der Waals surface area contributed by atoms with Crippen LogP contribution in [0.1, 0.15) is 18.1 Å². The molecule has 0 radical (unpaired) electrons. The van der Waals surface area contributed by atoms with Crippen LogP contribution >= 0.6 is 0 Å². The minimum atomic E-state index is 0.746. The van der Waals surface area contributed by atoms with Crippen LogP contribution in [-0.2, 0) is 11.2 Å². The Kier molecular flexibility index (Phi) is 5.45. The van der Waals surface area contributed by atoms with Gasteiger partial charge in [-0.25, -0.2) is 0 Å². The number of ether oxygens (including phenoxy) is 1. The van der Waals surface area contributed by atoms with Gasteiger partial charge in [0.1, 0.15) is 0 Å². The SMILES string of the molecule is CCOCCNc1ccccc1Cc1ccccc1. The van der Waals surface area contributed by atoms with E-state index in [4.69, 9.17) is 4.74 Å². The summed E-state index contributed by atoms with van der Waals surface area (Å²) < 4.78 is 5.35. The van der Waals surface area contributed by atoms with E-state index in [-0.39, 0.29) is 0 Å². The molecule has 0 saturated carbocycles. The lowest BCUT2D eigenvalue weighted by atomic mass is 10.0. The lowest BCUT2D eigenvalue weighted by Crippen LogP contribution is -2.10. The molecule has 0 aromatic heterocycles. The summed E-state index contributed by atoms with van der Waals surface area (Å²) >= 11 is 0. The van der Waals surface area contributed by atoms with Crippen molar-refractivity contribution in [3.05, 3.63) is 65.7 Å². The summed E-state index contributed by atoms with van der Waals surface area (Å²) in [6.45, 7) is 4.38. The van der Waals surface area contributed by atoms with Crippen molar-refractivity contribution in [2.24, 2.45) is 0 Å². The molecule has 0 aliphatic carbocycles. The first-order chi connectivity index (χ1) is 9.40. The van der Waals surface area contributed by atoms with Gasteiger partial charge in [0, 0.05) is 18.8 Å². The standard InChI is InChI=1S/C17H21NO/c1-2-19-13-12-18-17-11-7-6-10-16(17)14-15-8-4-3-5-9-15/h3-11,18H,2,12-14H2,1H3. The molecule has 19 heavy (non-hydrogen) atoms. The maximum atomic E-state index is 5.35. The molecule has 0 saturated heterocycles. The fraction of sp³-hybridized carbons (Fsp3) is 0.294. The number of hydrogen-bond acceptors (Lipinski definition) is 2. The van der Waals surface area contributed by atoms with Gasteiger partial charge in [-0.3, -0.25) is 0 Å². The Morgan fingerprint density at radius 3 is 2.47 bits per heavy atom. The van der Waals surface area contributed by atoms with Gasteiger partial charge in [0.2, 0.25) is 0 Å². The highest BCUT2D eigenvalue weighted by Crippen LogP contribution is 2.18. The van der Waals surface area contributed by atoms with Gasteiger partial charge in [0.25, 0.3) is 0 Å². The molecule has 0 bridgehead atoms. The highest BCUT2D eigenvalue weighted by molar-refractivity contribution is 5.52. The Morgan fingerprint density at radius 1 is 0.947 bits per heavy atom. The third kappa shape index (κ3) is 4.42. The summed E-state index contributed by atoms with van der Waals surface area (Å²) in [6.07, 6.45) is 0.957. The van der Waals surface area contributed by atoms with E-state index >= 15 is 0 Å². The first-order valence-corrected chi connectivity index (χ1v) is 6.83. The van der Waals surface area contributed by atoms with E-state index in [1.54, 1.807) is 0 Å². The molecule has 0 amide bonds. The van der Waals surface area contributed by atoms with E-state index in [9.17, 15) is 0 Å². The Morgan fingerprint density at radius 2 is 1.68 bits per heavy atom. The number of benzene rings is 2. The van der Waals surface area contributed by atoms with E-state index in [1.807, 2.05) is 6.92 Å². The molecule has 0 atom stereocenters. The minimum absolute atomic E-state index is 0.746. The van der Waals surface area contributed by atoms with Crippen LogP contribution < -0.4 is 5.32 Å². The molecule has 0 spiro atoms. The fourth-order valence-electron chi connectivity index (χ4n) is 2.06. The zero-order valence-electron chi connectivity index (χ0n) is 11.4. The molecule has 0 unspecified atom stereocenters. The number of para-hydroxylation sites is 1. The number of anilines is 1. The van der Waals surface area contributed by atoms with Crippen molar-refractivity contribution < 1.29 is 4.74 Å². The summed E-state index contributed by atoms with van der Waals surface area (Å²) in [5.74, 6) is 0. The minimum Gasteiger partial charge on any atom is -0.382 e. The highest BCUT2D eigenvalue weighted by Gasteiger charge is 2.02. The van der Waals surface area contributed by atoms with Gasteiger partial charge in [-0.2, -0.15) is 0 Å². The molecule has 100 valence electrons. The van der Waals surface area contributed by atoms with E-state index in [0.717, 1.165) is 26.2 Å². The van der Waals surface area contributed by atoms with E-state index in [2.05, 4.69) is 59.9 Å². The second-order valence-corrected chi connectivity index (χ2v) is 4.44. The summed E-state index contributed by atoms with van der Waals surface area (Å²) in [6, 6.07) is 19.0. The van der Waals surface area contributed by atoms with E-state index < -0.39 is 0 Å². The van der Waals surface area contributed by atoms with Crippen molar-refractivity contribution in [2.75, 3.05) is 25.1 Å². The molecule has 0 aliphatic heterocycles. The molecule has 2 rings (SSSR count). The van der Waals surface area contributed by atoms with Gasteiger partial charge in [-0.15, -0.1) is 0 Å².